The first kappa shape index (κ1) is 12.7. The van der Waals surface area contributed by atoms with Crippen molar-refractivity contribution in [3.63, 3.8) is 0 Å². The van der Waals surface area contributed by atoms with Gasteiger partial charge in [0.25, 0.3) is 0 Å². The summed E-state index contributed by atoms with van der Waals surface area (Å²) in [6.07, 6.45) is 3.26. The molecule has 1 aromatic heterocycles. The molecule has 16 heavy (non-hydrogen) atoms. The zero-order valence-corrected chi connectivity index (χ0v) is 10.2. The average Bonchev–Trinajstić information content (AvgIpc) is 2.63. The van der Waals surface area contributed by atoms with Gasteiger partial charge in [-0.1, -0.05) is 0 Å². The number of carbonyl (C=O) groups is 1. The first-order valence-electron chi connectivity index (χ1n) is 5.49. The highest BCUT2D eigenvalue weighted by molar-refractivity contribution is 5.75. The summed E-state index contributed by atoms with van der Waals surface area (Å²) in [5, 5.41) is 7.37. The van der Waals surface area contributed by atoms with Crippen molar-refractivity contribution < 1.29 is 4.79 Å². The third kappa shape index (κ3) is 4.02. The number of rotatable bonds is 6. The molecule has 1 amide bonds. The van der Waals surface area contributed by atoms with Crippen molar-refractivity contribution in [2.45, 2.75) is 19.4 Å². The van der Waals surface area contributed by atoms with E-state index in [0.29, 0.717) is 6.42 Å². The summed E-state index contributed by atoms with van der Waals surface area (Å²) in [4.78, 5) is 12.9. The standard InChI is InChI=1S/C11H20N4O/c1-14(2)11(16)5-4-7-12-9-10-6-8-13-15(10)3/h6,8,12H,4-5,7,9H2,1-3H3. The number of hydrogen-bond acceptors (Lipinski definition) is 3. The Morgan fingerprint density at radius 3 is 2.88 bits per heavy atom. The van der Waals surface area contributed by atoms with E-state index < -0.39 is 0 Å². The largest absolute Gasteiger partial charge is 0.349 e. The Hall–Kier alpha value is -1.36. The van der Waals surface area contributed by atoms with Crippen LogP contribution in [-0.2, 0) is 18.4 Å². The van der Waals surface area contributed by atoms with E-state index in [1.54, 1.807) is 25.2 Å². The molecule has 0 bridgehead atoms. The van der Waals surface area contributed by atoms with Crippen LogP contribution in [0.15, 0.2) is 12.3 Å². The van der Waals surface area contributed by atoms with Crippen LogP contribution >= 0.6 is 0 Å². The topological polar surface area (TPSA) is 50.2 Å². The van der Waals surface area contributed by atoms with Gasteiger partial charge >= 0.3 is 0 Å². The number of nitrogens with one attached hydrogen (secondary N) is 1. The molecule has 1 N–H and O–H groups in total. The Kier molecular flexibility index (Phi) is 4.98. The van der Waals surface area contributed by atoms with Crippen molar-refractivity contribution in [3.8, 4) is 0 Å². The summed E-state index contributed by atoms with van der Waals surface area (Å²) < 4.78 is 1.85. The molecule has 0 radical (unpaired) electrons. The van der Waals surface area contributed by atoms with Gasteiger partial charge in [-0.2, -0.15) is 5.10 Å². The molecule has 0 atom stereocenters. The lowest BCUT2D eigenvalue weighted by Crippen LogP contribution is -2.23. The molecule has 0 saturated carbocycles. The quantitative estimate of drug-likeness (QED) is 0.711. The second-order valence-corrected chi connectivity index (χ2v) is 4.01. The molecule has 0 aliphatic heterocycles. The number of hydrogen-bond donors (Lipinski definition) is 1. The highest BCUT2D eigenvalue weighted by atomic mass is 16.2. The van der Waals surface area contributed by atoms with Crippen LogP contribution in [0.2, 0.25) is 0 Å². The fraction of sp³-hybridized carbons (Fsp3) is 0.636. The number of amides is 1. The lowest BCUT2D eigenvalue weighted by molar-refractivity contribution is -0.128. The molecule has 0 aromatic carbocycles. The molecule has 1 heterocycles. The van der Waals surface area contributed by atoms with Crippen molar-refractivity contribution >= 4 is 5.91 Å². The second kappa shape index (κ2) is 6.27. The maximum atomic E-state index is 11.3. The molecule has 0 aliphatic rings. The molecule has 0 fully saturated rings. The minimum Gasteiger partial charge on any atom is -0.349 e. The summed E-state index contributed by atoms with van der Waals surface area (Å²) >= 11 is 0. The van der Waals surface area contributed by atoms with Crippen LogP contribution in [0.3, 0.4) is 0 Å². The van der Waals surface area contributed by atoms with Gasteiger partial charge in [-0.3, -0.25) is 9.48 Å². The van der Waals surface area contributed by atoms with Crippen molar-refractivity contribution in [2.75, 3.05) is 20.6 Å². The van der Waals surface area contributed by atoms with Gasteiger partial charge < -0.3 is 10.2 Å². The Morgan fingerprint density at radius 2 is 2.31 bits per heavy atom. The lowest BCUT2D eigenvalue weighted by atomic mass is 10.3. The van der Waals surface area contributed by atoms with Crippen LogP contribution in [0.1, 0.15) is 18.5 Å². The van der Waals surface area contributed by atoms with Crippen molar-refractivity contribution in [3.05, 3.63) is 18.0 Å². The minimum absolute atomic E-state index is 0.183. The van der Waals surface area contributed by atoms with Gasteiger partial charge in [0.05, 0.1) is 5.69 Å². The molecular formula is C11H20N4O. The molecule has 0 aliphatic carbocycles. The maximum absolute atomic E-state index is 11.3. The smallest absolute Gasteiger partial charge is 0.222 e. The van der Waals surface area contributed by atoms with Gasteiger partial charge in [0, 0.05) is 40.3 Å². The molecule has 5 nitrogen and oxygen atoms in total. The van der Waals surface area contributed by atoms with Crippen LogP contribution in [0.4, 0.5) is 0 Å². The summed E-state index contributed by atoms with van der Waals surface area (Å²) in [5.41, 5.74) is 1.15. The van der Waals surface area contributed by atoms with Gasteiger partial charge in [0.1, 0.15) is 0 Å². The number of nitrogens with zero attached hydrogens (tertiary/aromatic N) is 3. The van der Waals surface area contributed by atoms with Crippen molar-refractivity contribution in [2.24, 2.45) is 7.05 Å². The zero-order valence-electron chi connectivity index (χ0n) is 10.2. The molecule has 90 valence electrons. The van der Waals surface area contributed by atoms with Crippen LogP contribution in [0.5, 0.6) is 0 Å². The van der Waals surface area contributed by atoms with E-state index in [1.165, 1.54) is 0 Å². The van der Waals surface area contributed by atoms with Gasteiger partial charge in [-0.05, 0) is 19.0 Å². The van der Waals surface area contributed by atoms with E-state index in [-0.39, 0.29) is 5.91 Å². The highest BCUT2D eigenvalue weighted by Crippen LogP contribution is 1.96. The van der Waals surface area contributed by atoms with Crippen LogP contribution < -0.4 is 5.32 Å². The summed E-state index contributed by atoms with van der Waals surface area (Å²) in [6.45, 7) is 1.65. The molecule has 5 heteroatoms. The van der Waals surface area contributed by atoms with Crippen LogP contribution in [0, 0.1) is 0 Å². The molecule has 0 saturated heterocycles. The van der Waals surface area contributed by atoms with E-state index in [1.807, 2.05) is 17.8 Å². The summed E-state index contributed by atoms with van der Waals surface area (Å²) in [7, 11) is 5.49. The van der Waals surface area contributed by atoms with E-state index in [2.05, 4.69) is 10.4 Å². The average molecular weight is 224 g/mol. The number of aryl methyl sites for hydroxylation is 1. The minimum atomic E-state index is 0.183. The summed E-state index contributed by atoms with van der Waals surface area (Å²) in [5.74, 6) is 0.183. The van der Waals surface area contributed by atoms with E-state index in [4.69, 9.17) is 0 Å². The molecule has 1 rings (SSSR count). The molecule has 1 aromatic rings. The van der Waals surface area contributed by atoms with Crippen LogP contribution in [0.25, 0.3) is 0 Å². The highest BCUT2D eigenvalue weighted by Gasteiger charge is 2.02. The molecule has 0 unspecified atom stereocenters. The molecule has 0 spiro atoms. The van der Waals surface area contributed by atoms with E-state index in [9.17, 15) is 4.79 Å². The SMILES string of the molecule is CN(C)C(=O)CCCNCc1ccnn1C. The third-order valence-corrected chi connectivity index (χ3v) is 2.47. The first-order valence-corrected chi connectivity index (χ1v) is 5.49. The lowest BCUT2D eigenvalue weighted by Gasteiger charge is -2.10. The number of carbonyl (C=O) groups excluding carboxylic acids is 1. The van der Waals surface area contributed by atoms with Crippen molar-refractivity contribution in [1.82, 2.24) is 20.0 Å². The Labute approximate surface area is 96.4 Å². The predicted molar refractivity (Wildman–Crippen MR) is 62.8 cm³/mol. The predicted octanol–water partition coefficient (Wildman–Crippen LogP) is 0.378. The fourth-order valence-corrected chi connectivity index (χ4v) is 1.38. The van der Waals surface area contributed by atoms with E-state index in [0.717, 1.165) is 25.2 Å². The van der Waals surface area contributed by atoms with Crippen molar-refractivity contribution in [1.29, 1.82) is 0 Å². The van der Waals surface area contributed by atoms with Gasteiger partial charge in [-0.25, -0.2) is 0 Å². The zero-order chi connectivity index (χ0) is 12.0. The monoisotopic (exact) mass is 224 g/mol. The third-order valence-electron chi connectivity index (χ3n) is 2.47. The number of aromatic nitrogens is 2. The van der Waals surface area contributed by atoms with Gasteiger partial charge in [0.15, 0.2) is 0 Å². The Balaban J connectivity index is 2.09. The van der Waals surface area contributed by atoms with Gasteiger partial charge in [-0.15, -0.1) is 0 Å². The maximum Gasteiger partial charge on any atom is 0.222 e. The summed E-state index contributed by atoms with van der Waals surface area (Å²) in [6, 6.07) is 1.98. The molecular weight excluding hydrogens is 204 g/mol. The normalized spacial score (nSPS) is 10.4. The Bertz CT molecular complexity index is 332. The van der Waals surface area contributed by atoms with E-state index >= 15 is 0 Å². The van der Waals surface area contributed by atoms with Crippen LogP contribution in [-0.4, -0.2) is 41.2 Å². The second-order valence-electron chi connectivity index (χ2n) is 4.01. The van der Waals surface area contributed by atoms with Gasteiger partial charge in [0.2, 0.25) is 5.91 Å². The first-order chi connectivity index (χ1) is 7.61. The fourth-order valence-electron chi connectivity index (χ4n) is 1.38. The Morgan fingerprint density at radius 1 is 1.56 bits per heavy atom.